The predicted molar refractivity (Wildman–Crippen MR) is 68.7 cm³/mol. The van der Waals surface area contributed by atoms with Crippen LogP contribution in [-0.4, -0.2) is 21.8 Å². The number of para-hydroxylation sites is 1. The Kier molecular flexibility index (Phi) is 4.70. The van der Waals surface area contributed by atoms with Crippen LogP contribution in [-0.2, 0) is 0 Å². The molecule has 1 nitrogen and oxygen atoms in total. The summed E-state index contributed by atoms with van der Waals surface area (Å²) < 4.78 is 5.85. The summed E-state index contributed by atoms with van der Waals surface area (Å²) in [5.74, 6) is 2.20. The van der Waals surface area contributed by atoms with Crippen LogP contribution in [0.25, 0.3) is 0 Å². The average molecular weight is 220 g/mol. The monoisotopic (exact) mass is 220 g/mol. The lowest BCUT2D eigenvalue weighted by Crippen LogP contribution is -2.05. The minimum absolute atomic E-state index is 0.534. The summed E-state index contributed by atoms with van der Waals surface area (Å²) in [6.07, 6.45) is 0. The second kappa shape index (κ2) is 5.59. The number of hydrogen-bond donors (Lipinski definition) is 0. The molecule has 0 aliphatic heterocycles. The van der Waals surface area contributed by atoms with E-state index in [0.717, 1.165) is 27.5 Å². The van der Waals surface area contributed by atoms with E-state index in [-0.39, 0.29) is 0 Å². The maximum atomic E-state index is 5.85. The molecular formula is C13H21AlO. The van der Waals surface area contributed by atoms with E-state index in [9.17, 15) is 0 Å². The van der Waals surface area contributed by atoms with E-state index in [1.54, 1.807) is 0 Å². The van der Waals surface area contributed by atoms with Gasteiger partial charge < -0.3 is 4.74 Å². The highest BCUT2D eigenvalue weighted by atomic mass is 27.0. The van der Waals surface area contributed by atoms with Gasteiger partial charge in [0.25, 0.3) is 16.3 Å². The fraction of sp³-hybridized carbons (Fsp3) is 0.538. The Bertz CT molecular complexity index is 292. The van der Waals surface area contributed by atoms with Gasteiger partial charge in [-0.15, -0.1) is 0 Å². The Labute approximate surface area is 101 Å². The zero-order chi connectivity index (χ0) is 11.4. The molecule has 1 aromatic carbocycles. The highest BCUT2D eigenvalue weighted by Crippen LogP contribution is 2.34. The van der Waals surface area contributed by atoms with Crippen molar-refractivity contribution in [3.63, 3.8) is 0 Å². The van der Waals surface area contributed by atoms with Gasteiger partial charge >= 0.3 is 0 Å². The van der Waals surface area contributed by atoms with Gasteiger partial charge in [0.15, 0.2) is 0 Å². The van der Waals surface area contributed by atoms with E-state index in [1.165, 1.54) is 11.1 Å². The smallest absolute Gasteiger partial charge is 0.273 e. The van der Waals surface area contributed by atoms with E-state index < -0.39 is 0 Å². The Morgan fingerprint density at radius 1 is 1.07 bits per heavy atom. The molecule has 0 saturated carbocycles. The lowest BCUT2D eigenvalue weighted by Gasteiger charge is -2.19. The van der Waals surface area contributed by atoms with Gasteiger partial charge in [0, 0.05) is 5.47 Å². The van der Waals surface area contributed by atoms with Gasteiger partial charge in [-0.25, -0.2) is 0 Å². The van der Waals surface area contributed by atoms with Gasteiger partial charge in [0.05, 0.1) is 0 Å². The standard InChI is InChI=1S/C13H19O.Al.2H/c1-9(2)11-7-6-8-12(10(3)4)13(11)14-5;;;/h6-10H,5H2,1-4H3;;;. The van der Waals surface area contributed by atoms with Crippen LogP contribution in [0.3, 0.4) is 0 Å². The van der Waals surface area contributed by atoms with Crippen molar-refractivity contribution in [1.82, 2.24) is 0 Å². The van der Waals surface area contributed by atoms with Gasteiger partial charge in [0.1, 0.15) is 5.75 Å². The Hall–Kier alpha value is -0.448. The van der Waals surface area contributed by atoms with Crippen LogP contribution in [0.4, 0.5) is 0 Å². The molecule has 0 amide bonds. The molecule has 15 heavy (non-hydrogen) atoms. The molecule has 0 aliphatic rings. The third-order valence-electron chi connectivity index (χ3n) is 2.61. The van der Waals surface area contributed by atoms with Crippen molar-refractivity contribution in [3.8, 4) is 5.75 Å². The fourth-order valence-corrected chi connectivity index (χ4v) is 2.08. The molecule has 0 N–H and O–H groups in total. The number of rotatable bonds is 4. The Morgan fingerprint density at radius 2 is 1.53 bits per heavy atom. The molecule has 0 spiro atoms. The molecule has 0 heterocycles. The van der Waals surface area contributed by atoms with E-state index in [4.69, 9.17) is 4.74 Å². The zero-order valence-electron chi connectivity index (χ0n) is 10.5. The van der Waals surface area contributed by atoms with Crippen LogP contribution in [0.5, 0.6) is 5.75 Å². The van der Waals surface area contributed by atoms with E-state index >= 15 is 0 Å². The van der Waals surface area contributed by atoms with Crippen molar-refractivity contribution in [2.24, 2.45) is 0 Å². The third-order valence-corrected chi connectivity index (χ3v) is 2.90. The molecule has 1 aromatic rings. The third kappa shape index (κ3) is 3.00. The zero-order valence-corrected chi connectivity index (χ0v) is 12.5. The number of hydrogen-bond acceptors (Lipinski definition) is 1. The second-order valence-corrected chi connectivity index (χ2v) is 5.09. The van der Waals surface area contributed by atoms with Crippen LogP contribution < -0.4 is 4.74 Å². The first-order chi connectivity index (χ1) is 7.07. The van der Waals surface area contributed by atoms with Gasteiger partial charge in [-0.05, 0) is 23.0 Å². The van der Waals surface area contributed by atoms with Crippen molar-refractivity contribution >= 4 is 16.3 Å². The molecule has 0 aliphatic carbocycles. The fourth-order valence-electron chi connectivity index (χ4n) is 1.79. The molecular weight excluding hydrogens is 199 g/mol. The molecule has 82 valence electrons. The van der Waals surface area contributed by atoms with Crippen molar-refractivity contribution < 1.29 is 4.74 Å². The maximum Gasteiger partial charge on any atom is 0.273 e. The van der Waals surface area contributed by atoms with Gasteiger partial charge in [-0.1, -0.05) is 45.9 Å². The molecule has 1 rings (SSSR count). The molecule has 2 heteroatoms. The lowest BCUT2D eigenvalue weighted by molar-refractivity contribution is 0.374. The van der Waals surface area contributed by atoms with Crippen LogP contribution in [0.2, 0.25) is 0 Å². The first kappa shape index (κ1) is 12.6. The highest BCUT2D eigenvalue weighted by molar-refractivity contribution is 6.08. The van der Waals surface area contributed by atoms with Crippen molar-refractivity contribution in [2.75, 3.05) is 5.47 Å². The second-order valence-electron chi connectivity index (χ2n) is 4.51. The molecule has 0 atom stereocenters. The highest BCUT2D eigenvalue weighted by Gasteiger charge is 2.13. The molecule has 0 aromatic heterocycles. The molecule has 0 fully saturated rings. The SMILES string of the molecule is CC(C)c1cccc(C(C)C)c1O[CH2][AlH2]. The first-order valence-electron chi connectivity index (χ1n) is 5.83. The minimum Gasteiger partial charge on any atom is -0.509 e. The van der Waals surface area contributed by atoms with Crippen molar-refractivity contribution in [2.45, 2.75) is 39.5 Å². The number of benzene rings is 1. The topological polar surface area (TPSA) is 9.23 Å². The average Bonchev–Trinajstić information content (AvgIpc) is 2.17. The normalized spacial score (nSPS) is 11.1. The van der Waals surface area contributed by atoms with Crippen molar-refractivity contribution in [1.29, 1.82) is 0 Å². The Balaban J connectivity index is 3.21. The lowest BCUT2D eigenvalue weighted by atomic mass is 9.94. The molecule has 0 unspecified atom stereocenters. The van der Waals surface area contributed by atoms with E-state index in [0.29, 0.717) is 11.8 Å². The van der Waals surface area contributed by atoms with Gasteiger partial charge in [0.2, 0.25) is 0 Å². The molecule has 0 saturated heterocycles. The summed E-state index contributed by atoms with van der Waals surface area (Å²) in [6, 6.07) is 6.51. The van der Waals surface area contributed by atoms with Crippen LogP contribution in [0.1, 0.15) is 50.7 Å². The maximum absolute atomic E-state index is 5.85. The van der Waals surface area contributed by atoms with Crippen LogP contribution >= 0.6 is 0 Å². The summed E-state index contributed by atoms with van der Waals surface area (Å²) in [4.78, 5) is 0. The predicted octanol–water partition coefficient (Wildman–Crippen LogP) is 2.90. The van der Waals surface area contributed by atoms with E-state index in [1.807, 2.05) is 0 Å². The Morgan fingerprint density at radius 3 is 1.87 bits per heavy atom. The van der Waals surface area contributed by atoms with Crippen LogP contribution in [0, 0.1) is 0 Å². The van der Waals surface area contributed by atoms with Gasteiger partial charge in [-0.2, -0.15) is 0 Å². The number of ether oxygens (including phenoxy) is 1. The summed E-state index contributed by atoms with van der Waals surface area (Å²) in [7, 11) is 0. The van der Waals surface area contributed by atoms with Gasteiger partial charge in [-0.3, -0.25) is 0 Å². The van der Waals surface area contributed by atoms with Crippen molar-refractivity contribution in [3.05, 3.63) is 29.3 Å². The summed E-state index contributed by atoms with van der Waals surface area (Å²) in [5.41, 5.74) is 3.57. The minimum atomic E-state index is 0.534. The largest absolute Gasteiger partial charge is 0.509 e. The molecule has 0 bridgehead atoms. The first-order valence-corrected chi connectivity index (χ1v) is 7.24. The van der Waals surface area contributed by atoms with Crippen LogP contribution in [0.15, 0.2) is 18.2 Å². The summed E-state index contributed by atoms with van der Waals surface area (Å²) >= 11 is 1.09. The summed E-state index contributed by atoms with van der Waals surface area (Å²) in [5, 5.41) is 0. The quantitative estimate of drug-likeness (QED) is 0.709. The summed E-state index contributed by atoms with van der Waals surface area (Å²) in [6.45, 7) is 8.89. The van der Waals surface area contributed by atoms with E-state index in [2.05, 4.69) is 45.9 Å². The molecule has 0 radical (unpaired) electrons.